The van der Waals surface area contributed by atoms with Gasteiger partial charge < -0.3 is 4.90 Å². The zero-order valence-corrected chi connectivity index (χ0v) is 13.6. The van der Waals surface area contributed by atoms with Gasteiger partial charge in [0.2, 0.25) is 0 Å². The van der Waals surface area contributed by atoms with Crippen molar-refractivity contribution < 1.29 is 4.79 Å². The maximum absolute atomic E-state index is 12.2. The number of ketones is 1. The van der Waals surface area contributed by atoms with Crippen LogP contribution in [-0.4, -0.2) is 19.4 Å². The Kier molecular flexibility index (Phi) is 4.42. The third-order valence-corrected chi connectivity index (χ3v) is 4.89. The van der Waals surface area contributed by atoms with Gasteiger partial charge in [-0.25, -0.2) is 0 Å². The average Bonchev–Trinajstić information content (AvgIpc) is 2.75. The van der Waals surface area contributed by atoms with Crippen LogP contribution in [0.4, 0.5) is 5.69 Å². The van der Waals surface area contributed by atoms with E-state index in [4.69, 9.17) is 0 Å². The summed E-state index contributed by atoms with van der Waals surface area (Å²) in [4.78, 5) is 15.0. The zero-order valence-electron chi connectivity index (χ0n) is 11.2. The zero-order chi connectivity index (χ0) is 14.0. The summed E-state index contributed by atoms with van der Waals surface area (Å²) in [5.41, 5.74) is 3.54. The highest BCUT2D eigenvalue weighted by molar-refractivity contribution is 9.10. The molecule has 2 aromatic rings. The van der Waals surface area contributed by atoms with Crippen LogP contribution in [0.15, 0.2) is 34.1 Å². The fourth-order valence-corrected chi connectivity index (χ4v) is 3.62. The molecule has 1 heterocycles. The summed E-state index contributed by atoms with van der Waals surface area (Å²) in [5.74, 6) is 0.143. The first-order valence-electron chi connectivity index (χ1n) is 6.03. The fourth-order valence-electron chi connectivity index (χ4n) is 2.10. The highest BCUT2D eigenvalue weighted by atomic mass is 79.9. The largest absolute Gasteiger partial charge is 0.367 e. The highest BCUT2D eigenvalue weighted by Crippen LogP contribution is 2.25. The van der Waals surface area contributed by atoms with E-state index in [-0.39, 0.29) is 5.78 Å². The summed E-state index contributed by atoms with van der Waals surface area (Å²) in [6.45, 7) is 4.54. The minimum atomic E-state index is 0.143. The molecule has 0 N–H and O–H groups in total. The SMILES string of the molecule is Cc1ccc(N(C)CC(=O)c2sccc2Br)c(C)c1. The van der Waals surface area contributed by atoms with Crippen LogP contribution in [0.2, 0.25) is 0 Å². The van der Waals surface area contributed by atoms with Crippen LogP contribution in [0.3, 0.4) is 0 Å². The average molecular weight is 338 g/mol. The smallest absolute Gasteiger partial charge is 0.193 e. The van der Waals surface area contributed by atoms with E-state index in [9.17, 15) is 4.79 Å². The van der Waals surface area contributed by atoms with Gasteiger partial charge in [-0.3, -0.25) is 4.79 Å². The Hall–Kier alpha value is -1.13. The van der Waals surface area contributed by atoms with Gasteiger partial charge in [0.05, 0.1) is 11.4 Å². The van der Waals surface area contributed by atoms with Crippen LogP contribution in [0.5, 0.6) is 0 Å². The van der Waals surface area contributed by atoms with E-state index >= 15 is 0 Å². The van der Waals surface area contributed by atoms with Crippen molar-refractivity contribution in [2.75, 3.05) is 18.5 Å². The van der Waals surface area contributed by atoms with Gasteiger partial charge in [-0.15, -0.1) is 11.3 Å². The molecule has 4 heteroatoms. The Morgan fingerprint density at radius 2 is 2.05 bits per heavy atom. The van der Waals surface area contributed by atoms with Crippen molar-refractivity contribution in [3.63, 3.8) is 0 Å². The summed E-state index contributed by atoms with van der Waals surface area (Å²) in [6, 6.07) is 8.19. The number of benzene rings is 1. The van der Waals surface area contributed by atoms with E-state index < -0.39 is 0 Å². The molecule has 0 bridgehead atoms. The van der Waals surface area contributed by atoms with Gasteiger partial charge in [-0.2, -0.15) is 0 Å². The molecule has 0 saturated heterocycles. The molecule has 0 unspecified atom stereocenters. The Labute approximate surface area is 126 Å². The van der Waals surface area contributed by atoms with Gasteiger partial charge in [0.25, 0.3) is 0 Å². The number of hydrogen-bond donors (Lipinski definition) is 0. The number of carbonyl (C=O) groups is 1. The molecule has 100 valence electrons. The number of thiophene rings is 1. The second kappa shape index (κ2) is 5.88. The number of rotatable bonds is 4. The first kappa shape index (κ1) is 14.3. The standard InChI is InChI=1S/C15H16BrNOS/c1-10-4-5-13(11(2)8-10)17(3)9-14(18)15-12(16)6-7-19-15/h4-8H,9H2,1-3H3. The Bertz CT molecular complexity index is 606. The molecule has 0 aliphatic carbocycles. The third-order valence-electron chi connectivity index (χ3n) is 3.01. The number of hydrogen-bond acceptors (Lipinski definition) is 3. The first-order chi connectivity index (χ1) is 8.99. The number of halogens is 1. The third kappa shape index (κ3) is 3.25. The van der Waals surface area contributed by atoms with E-state index in [1.54, 1.807) is 0 Å². The second-order valence-corrected chi connectivity index (χ2v) is 6.44. The number of Topliss-reactive ketones (excluding diaryl/α,β-unsaturated/α-hetero) is 1. The minimum Gasteiger partial charge on any atom is -0.367 e. The second-order valence-electron chi connectivity index (χ2n) is 4.67. The van der Waals surface area contributed by atoms with E-state index in [1.165, 1.54) is 22.5 Å². The van der Waals surface area contributed by atoms with Crippen LogP contribution in [-0.2, 0) is 0 Å². The minimum absolute atomic E-state index is 0.143. The van der Waals surface area contributed by atoms with Crippen molar-refractivity contribution in [2.45, 2.75) is 13.8 Å². The van der Waals surface area contributed by atoms with Crippen molar-refractivity contribution in [1.29, 1.82) is 0 Å². The van der Waals surface area contributed by atoms with Gasteiger partial charge in [-0.1, -0.05) is 17.7 Å². The first-order valence-corrected chi connectivity index (χ1v) is 7.71. The summed E-state index contributed by atoms with van der Waals surface area (Å²) in [5, 5.41) is 1.93. The molecule has 0 aliphatic heterocycles. The molecule has 0 spiro atoms. The lowest BCUT2D eigenvalue weighted by molar-refractivity contribution is 0.100. The van der Waals surface area contributed by atoms with Crippen LogP contribution >= 0.6 is 27.3 Å². The predicted molar refractivity (Wildman–Crippen MR) is 85.5 cm³/mol. The van der Waals surface area contributed by atoms with Gasteiger partial charge in [0.1, 0.15) is 0 Å². The number of nitrogens with zero attached hydrogens (tertiary/aromatic N) is 1. The molecular formula is C15H16BrNOS. The lowest BCUT2D eigenvalue weighted by Crippen LogP contribution is -2.26. The van der Waals surface area contributed by atoms with Crippen LogP contribution < -0.4 is 4.90 Å². The van der Waals surface area contributed by atoms with Crippen molar-refractivity contribution in [3.05, 3.63) is 50.1 Å². The maximum Gasteiger partial charge on any atom is 0.193 e. The number of anilines is 1. The van der Waals surface area contributed by atoms with Gasteiger partial charge >= 0.3 is 0 Å². The lowest BCUT2D eigenvalue weighted by Gasteiger charge is -2.20. The molecule has 0 saturated carbocycles. The van der Waals surface area contributed by atoms with Crippen LogP contribution in [0.25, 0.3) is 0 Å². The van der Waals surface area contributed by atoms with Crippen molar-refractivity contribution >= 4 is 38.7 Å². The molecule has 1 aromatic carbocycles. The van der Waals surface area contributed by atoms with Gasteiger partial charge in [0, 0.05) is 17.2 Å². The van der Waals surface area contributed by atoms with E-state index in [1.807, 2.05) is 23.4 Å². The van der Waals surface area contributed by atoms with Gasteiger partial charge in [-0.05, 0) is 52.9 Å². The molecule has 1 aromatic heterocycles. The van der Waals surface area contributed by atoms with Crippen LogP contribution in [0.1, 0.15) is 20.8 Å². The molecule has 0 fully saturated rings. The van der Waals surface area contributed by atoms with E-state index in [0.717, 1.165) is 15.0 Å². The number of aryl methyl sites for hydroxylation is 2. The van der Waals surface area contributed by atoms with Crippen LogP contribution in [0, 0.1) is 13.8 Å². The Balaban J connectivity index is 2.15. The van der Waals surface area contributed by atoms with E-state index in [2.05, 4.69) is 48.0 Å². The normalized spacial score (nSPS) is 10.5. The molecule has 0 aliphatic rings. The lowest BCUT2D eigenvalue weighted by atomic mass is 10.1. The summed E-state index contributed by atoms with van der Waals surface area (Å²) in [7, 11) is 1.96. The Morgan fingerprint density at radius 1 is 1.32 bits per heavy atom. The maximum atomic E-state index is 12.2. The Morgan fingerprint density at radius 3 is 2.63 bits per heavy atom. The quantitative estimate of drug-likeness (QED) is 0.768. The van der Waals surface area contributed by atoms with Crippen molar-refractivity contribution in [3.8, 4) is 0 Å². The topological polar surface area (TPSA) is 20.3 Å². The highest BCUT2D eigenvalue weighted by Gasteiger charge is 2.15. The monoisotopic (exact) mass is 337 g/mol. The van der Waals surface area contributed by atoms with Crippen molar-refractivity contribution in [2.24, 2.45) is 0 Å². The predicted octanol–water partition coefficient (Wildman–Crippen LogP) is 4.45. The van der Waals surface area contributed by atoms with Crippen molar-refractivity contribution in [1.82, 2.24) is 0 Å². The molecule has 2 rings (SSSR count). The number of carbonyl (C=O) groups excluding carboxylic acids is 1. The summed E-state index contributed by atoms with van der Waals surface area (Å²) >= 11 is 4.89. The van der Waals surface area contributed by atoms with Gasteiger partial charge in [0.15, 0.2) is 5.78 Å². The molecular weight excluding hydrogens is 322 g/mol. The summed E-state index contributed by atoms with van der Waals surface area (Å²) < 4.78 is 0.886. The molecule has 0 atom stereocenters. The molecule has 2 nitrogen and oxygen atoms in total. The summed E-state index contributed by atoms with van der Waals surface area (Å²) in [6.07, 6.45) is 0. The number of likely N-dealkylation sites (N-methyl/N-ethyl adjacent to an activating group) is 1. The fraction of sp³-hybridized carbons (Fsp3) is 0.267. The molecule has 19 heavy (non-hydrogen) atoms. The van der Waals surface area contributed by atoms with E-state index in [0.29, 0.717) is 6.54 Å². The molecule has 0 amide bonds. The molecule has 0 radical (unpaired) electrons.